The van der Waals surface area contributed by atoms with Crippen molar-refractivity contribution in [3.8, 4) is 0 Å². The highest BCUT2D eigenvalue weighted by molar-refractivity contribution is 5.35. The molecular weight excluding hydrogens is 255 g/mol. The van der Waals surface area contributed by atoms with Crippen molar-refractivity contribution in [2.75, 3.05) is 12.4 Å². The van der Waals surface area contributed by atoms with Gasteiger partial charge in [0, 0.05) is 23.1 Å². The maximum Gasteiger partial charge on any atom is 0.351 e. The van der Waals surface area contributed by atoms with Crippen molar-refractivity contribution in [2.45, 2.75) is 31.7 Å². The summed E-state index contributed by atoms with van der Waals surface area (Å²) < 4.78 is 19.4. The second-order valence-corrected chi connectivity index (χ2v) is 4.29. The van der Waals surface area contributed by atoms with Crippen molar-refractivity contribution < 1.29 is 9.13 Å². The number of nitrogens with two attached hydrogens (primary N) is 1. The molecule has 1 aliphatic rings. The SMILES string of the molecule is Cc1cn([C@H]2C[C@H](N=[N+]=[N-])[C@@H](CF)O2)c(=O)nc1N. The van der Waals surface area contributed by atoms with Crippen LogP contribution in [0.2, 0.25) is 0 Å². The number of aryl methyl sites for hydroxylation is 1. The van der Waals surface area contributed by atoms with Gasteiger partial charge in [-0.3, -0.25) is 4.57 Å². The molecule has 0 aliphatic carbocycles. The third kappa shape index (κ3) is 2.51. The summed E-state index contributed by atoms with van der Waals surface area (Å²) in [5.74, 6) is 0.146. The summed E-state index contributed by atoms with van der Waals surface area (Å²) >= 11 is 0. The zero-order valence-electron chi connectivity index (χ0n) is 10.2. The van der Waals surface area contributed by atoms with Crippen molar-refractivity contribution in [2.24, 2.45) is 5.11 Å². The predicted octanol–water partition coefficient (Wildman–Crippen LogP) is 1.07. The molecule has 0 unspecified atom stereocenters. The Bertz CT molecular complexity index is 582. The van der Waals surface area contributed by atoms with Gasteiger partial charge in [0.15, 0.2) is 0 Å². The lowest BCUT2D eigenvalue weighted by molar-refractivity contribution is -0.0128. The molecule has 0 spiro atoms. The van der Waals surface area contributed by atoms with Gasteiger partial charge in [-0.2, -0.15) is 4.98 Å². The largest absolute Gasteiger partial charge is 0.383 e. The Labute approximate surface area is 107 Å². The van der Waals surface area contributed by atoms with Gasteiger partial charge in [0.1, 0.15) is 18.7 Å². The Balaban J connectivity index is 2.32. The molecule has 2 heterocycles. The van der Waals surface area contributed by atoms with E-state index in [0.29, 0.717) is 5.56 Å². The Hall–Kier alpha value is -2.12. The van der Waals surface area contributed by atoms with Gasteiger partial charge in [-0.1, -0.05) is 5.11 Å². The number of hydrogen-bond donors (Lipinski definition) is 1. The molecule has 0 amide bonds. The van der Waals surface area contributed by atoms with Crippen molar-refractivity contribution in [3.05, 3.63) is 32.7 Å². The number of anilines is 1. The standard InChI is InChI=1S/C10H13FN6O2/c1-5-4-17(10(18)14-9(5)12)8-2-6(15-16-13)7(3-11)19-8/h4,6-8H,2-3H2,1H3,(H2,12,14,18)/t6-,7+,8+/m0/s1. The highest BCUT2D eigenvalue weighted by Gasteiger charge is 2.36. The maximum atomic E-state index is 12.8. The number of alkyl halides is 1. The smallest absolute Gasteiger partial charge is 0.351 e. The molecule has 3 atom stereocenters. The normalized spacial score (nSPS) is 26.1. The zero-order valence-corrected chi connectivity index (χ0v) is 10.2. The van der Waals surface area contributed by atoms with Crippen molar-refractivity contribution in [3.63, 3.8) is 0 Å². The summed E-state index contributed by atoms with van der Waals surface area (Å²) in [6.45, 7) is 0.918. The van der Waals surface area contributed by atoms with Gasteiger partial charge in [0.25, 0.3) is 0 Å². The van der Waals surface area contributed by atoms with Crippen molar-refractivity contribution in [1.29, 1.82) is 0 Å². The van der Waals surface area contributed by atoms with E-state index < -0.39 is 30.7 Å². The minimum absolute atomic E-state index is 0.146. The van der Waals surface area contributed by atoms with Crippen LogP contribution in [0.5, 0.6) is 0 Å². The van der Waals surface area contributed by atoms with Gasteiger partial charge in [-0.05, 0) is 12.5 Å². The summed E-state index contributed by atoms with van der Waals surface area (Å²) in [5.41, 5.74) is 14.0. The van der Waals surface area contributed by atoms with E-state index in [4.69, 9.17) is 16.0 Å². The number of halogens is 1. The second kappa shape index (κ2) is 5.25. The third-order valence-electron chi connectivity index (χ3n) is 3.04. The summed E-state index contributed by atoms with van der Waals surface area (Å²) in [7, 11) is 0. The zero-order chi connectivity index (χ0) is 14.0. The van der Waals surface area contributed by atoms with Crippen LogP contribution in [0.25, 0.3) is 10.4 Å². The third-order valence-corrected chi connectivity index (χ3v) is 3.04. The van der Waals surface area contributed by atoms with Crippen molar-refractivity contribution in [1.82, 2.24) is 9.55 Å². The predicted molar refractivity (Wildman–Crippen MR) is 65.1 cm³/mol. The molecule has 0 saturated carbocycles. The van der Waals surface area contributed by atoms with Gasteiger partial charge in [-0.15, -0.1) is 0 Å². The second-order valence-electron chi connectivity index (χ2n) is 4.29. The molecule has 1 aromatic heterocycles. The Morgan fingerprint density at radius 1 is 1.79 bits per heavy atom. The van der Waals surface area contributed by atoms with Crippen LogP contribution in [0.3, 0.4) is 0 Å². The Morgan fingerprint density at radius 3 is 3.16 bits per heavy atom. The highest BCUT2D eigenvalue weighted by Crippen LogP contribution is 2.30. The lowest BCUT2D eigenvalue weighted by Crippen LogP contribution is -2.28. The topological polar surface area (TPSA) is 119 Å². The minimum Gasteiger partial charge on any atom is -0.383 e. The van der Waals surface area contributed by atoms with E-state index in [1.807, 2.05) is 0 Å². The van der Waals surface area contributed by atoms with Crippen LogP contribution in [0, 0.1) is 6.92 Å². The molecule has 1 fully saturated rings. The highest BCUT2D eigenvalue weighted by atomic mass is 19.1. The fourth-order valence-corrected chi connectivity index (χ4v) is 2.00. The van der Waals surface area contributed by atoms with Crippen LogP contribution < -0.4 is 11.4 Å². The van der Waals surface area contributed by atoms with Crippen molar-refractivity contribution >= 4 is 5.82 Å². The number of nitrogens with zero attached hydrogens (tertiary/aromatic N) is 5. The summed E-state index contributed by atoms with van der Waals surface area (Å²) in [6.07, 6.45) is 0.188. The first-order chi connectivity index (χ1) is 9.06. The molecule has 102 valence electrons. The average molecular weight is 268 g/mol. The number of ether oxygens (including phenoxy) is 1. The molecule has 0 radical (unpaired) electrons. The van der Waals surface area contributed by atoms with E-state index in [9.17, 15) is 9.18 Å². The van der Waals surface area contributed by atoms with Crippen LogP contribution in [0.4, 0.5) is 10.2 Å². The first-order valence-electron chi connectivity index (χ1n) is 5.67. The van der Waals surface area contributed by atoms with E-state index in [0.717, 1.165) is 0 Å². The summed E-state index contributed by atoms with van der Waals surface area (Å²) in [5, 5.41) is 3.48. The first kappa shape index (κ1) is 13.3. The van der Waals surface area contributed by atoms with E-state index in [2.05, 4.69) is 15.0 Å². The van der Waals surface area contributed by atoms with Gasteiger partial charge in [0.05, 0.1) is 12.1 Å². The lowest BCUT2D eigenvalue weighted by atomic mass is 10.1. The van der Waals surface area contributed by atoms with Gasteiger partial charge < -0.3 is 10.5 Å². The van der Waals surface area contributed by atoms with Gasteiger partial charge >= 0.3 is 5.69 Å². The number of nitrogen functional groups attached to an aromatic ring is 1. The maximum absolute atomic E-state index is 12.8. The molecule has 1 saturated heterocycles. The van der Waals surface area contributed by atoms with E-state index in [1.165, 1.54) is 10.8 Å². The van der Waals surface area contributed by atoms with E-state index >= 15 is 0 Å². The molecule has 0 aromatic carbocycles. The van der Waals surface area contributed by atoms with E-state index in [1.54, 1.807) is 6.92 Å². The van der Waals surface area contributed by atoms with Crippen LogP contribution in [-0.4, -0.2) is 28.4 Å². The first-order valence-corrected chi connectivity index (χ1v) is 5.67. The Kier molecular flexibility index (Phi) is 3.68. The van der Waals surface area contributed by atoms with Crippen LogP contribution in [0.1, 0.15) is 18.2 Å². The van der Waals surface area contributed by atoms with Crippen LogP contribution >= 0.6 is 0 Å². The fourth-order valence-electron chi connectivity index (χ4n) is 2.00. The molecule has 1 aliphatic heterocycles. The molecule has 2 rings (SSSR count). The summed E-state index contributed by atoms with van der Waals surface area (Å²) in [4.78, 5) is 18.0. The molecule has 19 heavy (non-hydrogen) atoms. The van der Waals surface area contributed by atoms with Crippen LogP contribution in [-0.2, 0) is 4.74 Å². The minimum atomic E-state index is -0.842. The van der Waals surface area contributed by atoms with Gasteiger partial charge in [-0.25, -0.2) is 9.18 Å². The fraction of sp³-hybridized carbons (Fsp3) is 0.600. The van der Waals surface area contributed by atoms with Gasteiger partial charge in [0.2, 0.25) is 0 Å². The number of rotatable bonds is 3. The molecule has 8 nitrogen and oxygen atoms in total. The van der Waals surface area contributed by atoms with Crippen LogP contribution in [0.15, 0.2) is 16.1 Å². The lowest BCUT2D eigenvalue weighted by Gasteiger charge is -2.15. The summed E-state index contributed by atoms with van der Waals surface area (Å²) in [6, 6.07) is -0.634. The van der Waals surface area contributed by atoms with E-state index in [-0.39, 0.29) is 12.2 Å². The number of azide groups is 1. The molecule has 1 aromatic rings. The monoisotopic (exact) mass is 268 g/mol. The molecule has 0 bridgehead atoms. The number of hydrogen-bond acceptors (Lipinski definition) is 5. The quantitative estimate of drug-likeness (QED) is 0.500. The average Bonchev–Trinajstić information content (AvgIpc) is 2.77. The molecule has 2 N–H and O–H groups in total. The molecular formula is C10H13FN6O2. The number of aromatic nitrogens is 2. The Morgan fingerprint density at radius 2 is 2.53 bits per heavy atom. The molecule has 9 heteroatoms.